The van der Waals surface area contributed by atoms with E-state index < -0.39 is 32.6 Å². The van der Waals surface area contributed by atoms with Crippen molar-refractivity contribution >= 4 is 21.7 Å². The zero-order chi connectivity index (χ0) is 25.1. The zero-order valence-corrected chi connectivity index (χ0v) is 20.2. The second kappa shape index (κ2) is 10.0. The van der Waals surface area contributed by atoms with Gasteiger partial charge in [0.15, 0.2) is 0 Å². The molecule has 0 radical (unpaired) electrons. The Balaban J connectivity index is 1.71. The third kappa shape index (κ3) is 4.71. The summed E-state index contributed by atoms with van der Waals surface area (Å²) in [6.45, 7) is 1.79. The first-order valence-electron chi connectivity index (χ1n) is 11.3. The lowest BCUT2D eigenvalue weighted by atomic mass is 10.1. The second-order valence-electron chi connectivity index (χ2n) is 8.64. The van der Waals surface area contributed by atoms with Crippen LogP contribution in [0, 0.1) is 6.92 Å². The monoisotopic (exact) mass is 496 g/mol. The Bertz CT molecular complexity index is 1280. The number of rotatable bonds is 8. The van der Waals surface area contributed by atoms with Crippen LogP contribution in [0.5, 0.6) is 0 Å². The number of benzene rings is 2. The van der Waals surface area contributed by atoms with E-state index in [0.717, 1.165) is 10.5 Å². The number of aromatic amines is 1. The van der Waals surface area contributed by atoms with Gasteiger partial charge >= 0.3 is 5.97 Å². The van der Waals surface area contributed by atoms with E-state index in [1.54, 1.807) is 42.6 Å². The normalized spacial score (nSPS) is 18.9. The summed E-state index contributed by atoms with van der Waals surface area (Å²) in [6.07, 6.45) is 3.36. The molecule has 0 unspecified atom stereocenters. The van der Waals surface area contributed by atoms with Gasteiger partial charge in [-0.15, -0.1) is 0 Å². The molecule has 1 aliphatic heterocycles. The van der Waals surface area contributed by atoms with Crippen molar-refractivity contribution in [1.82, 2.24) is 14.9 Å². The Kier molecular flexibility index (Phi) is 7.04. The maximum atomic E-state index is 14.0. The number of imidazole rings is 1. The first-order valence-corrected chi connectivity index (χ1v) is 12.8. The predicted molar refractivity (Wildman–Crippen MR) is 129 cm³/mol. The molecule has 35 heavy (non-hydrogen) atoms. The van der Waals surface area contributed by atoms with Crippen molar-refractivity contribution < 1.29 is 22.7 Å². The number of carbonyl (C=O) groups excluding carboxylic acids is 2. The molecule has 9 nitrogen and oxygen atoms in total. The van der Waals surface area contributed by atoms with E-state index >= 15 is 0 Å². The minimum absolute atomic E-state index is 0.0541. The molecule has 2 atom stereocenters. The van der Waals surface area contributed by atoms with Crippen LogP contribution < -0.4 is 5.73 Å². The number of nitrogens with two attached hydrogens (primary N) is 1. The van der Waals surface area contributed by atoms with Gasteiger partial charge in [-0.2, -0.15) is 0 Å². The van der Waals surface area contributed by atoms with Crippen molar-refractivity contribution in [3.63, 3.8) is 0 Å². The van der Waals surface area contributed by atoms with Gasteiger partial charge in [0.2, 0.25) is 20.6 Å². The smallest absolute Gasteiger partial charge is 0.348 e. The molecule has 3 aromatic rings. The van der Waals surface area contributed by atoms with Gasteiger partial charge in [0.05, 0.1) is 17.3 Å². The average Bonchev–Trinajstić information content (AvgIpc) is 3.54. The number of hydrogen-bond donors (Lipinski definition) is 2. The fourth-order valence-corrected chi connectivity index (χ4v) is 6.40. The highest BCUT2D eigenvalue weighted by molar-refractivity contribution is 7.93. The van der Waals surface area contributed by atoms with E-state index in [4.69, 9.17) is 10.5 Å². The van der Waals surface area contributed by atoms with E-state index in [1.807, 2.05) is 13.0 Å². The summed E-state index contributed by atoms with van der Waals surface area (Å²) >= 11 is 0. The topological polar surface area (TPSA) is 135 Å². The molecule has 1 aliphatic rings. The lowest BCUT2D eigenvalue weighted by Gasteiger charge is -2.36. The van der Waals surface area contributed by atoms with E-state index in [2.05, 4.69) is 9.97 Å². The van der Waals surface area contributed by atoms with E-state index in [9.17, 15) is 18.0 Å². The highest BCUT2D eigenvalue weighted by Crippen LogP contribution is 2.40. The number of aromatic nitrogens is 2. The van der Waals surface area contributed by atoms with Crippen molar-refractivity contribution in [3.05, 3.63) is 83.9 Å². The van der Waals surface area contributed by atoms with Gasteiger partial charge < -0.3 is 20.4 Å². The lowest BCUT2D eigenvalue weighted by Crippen LogP contribution is -2.61. The Morgan fingerprint density at radius 2 is 1.89 bits per heavy atom. The van der Waals surface area contributed by atoms with Crippen LogP contribution in [0.4, 0.5) is 0 Å². The third-order valence-corrected chi connectivity index (χ3v) is 8.59. The molecular weight excluding hydrogens is 468 g/mol. The van der Waals surface area contributed by atoms with Crippen LogP contribution in [-0.2, 0) is 37.2 Å². The Morgan fingerprint density at radius 3 is 2.54 bits per heavy atom. The van der Waals surface area contributed by atoms with Gasteiger partial charge in [-0.3, -0.25) is 4.79 Å². The number of ether oxygens (including phenoxy) is 1. The van der Waals surface area contributed by atoms with Crippen LogP contribution >= 0.6 is 0 Å². The molecule has 1 aromatic heterocycles. The molecule has 1 saturated heterocycles. The molecule has 0 saturated carbocycles. The number of likely N-dealkylation sites (tertiary alicyclic amines) is 1. The number of sulfone groups is 1. The molecule has 0 bridgehead atoms. The quantitative estimate of drug-likeness (QED) is 0.456. The number of aryl methyl sites for hydroxylation is 1. The number of esters is 1. The molecule has 0 spiro atoms. The summed E-state index contributed by atoms with van der Waals surface area (Å²) < 4.78 is 33.6. The van der Waals surface area contributed by atoms with Crippen LogP contribution in [0.2, 0.25) is 0 Å². The lowest BCUT2D eigenvalue weighted by molar-refractivity contribution is -0.157. The molecular formula is C25H28N4O5S. The number of hydrogen-bond acceptors (Lipinski definition) is 7. The summed E-state index contributed by atoms with van der Waals surface area (Å²) in [5, 5.41) is 0. The SMILES string of the molecule is Cc1ccc(S(=O)(=O)[C@@]2(C(=O)OCc3ccccc3)CCCN2C(=O)[C@@H](N)Cc2cnc[nH]2)cc1. The molecule has 2 heterocycles. The third-order valence-electron chi connectivity index (χ3n) is 6.22. The summed E-state index contributed by atoms with van der Waals surface area (Å²) in [6, 6.07) is 14.1. The van der Waals surface area contributed by atoms with Gasteiger partial charge in [0.1, 0.15) is 6.61 Å². The summed E-state index contributed by atoms with van der Waals surface area (Å²) in [5.74, 6) is -1.62. The molecule has 4 rings (SSSR count). The fourth-order valence-electron chi connectivity index (χ4n) is 4.35. The number of amides is 1. The Morgan fingerprint density at radius 1 is 1.17 bits per heavy atom. The van der Waals surface area contributed by atoms with Crippen molar-refractivity contribution in [2.45, 2.75) is 48.6 Å². The minimum atomic E-state index is -4.36. The molecule has 1 amide bonds. The standard InChI is InChI=1S/C25H28N4O5S/c1-18-8-10-21(11-9-18)35(32,33)25(24(31)34-16-19-6-3-2-4-7-19)12-5-13-29(25)23(30)22(26)14-20-15-27-17-28-20/h2-4,6-11,15,17,22H,5,12-14,16,26H2,1H3,(H,27,28)/t22-,25+/m0/s1. The van der Waals surface area contributed by atoms with Crippen LogP contribution in [0.3, 0.4) is 0 Å². The van der Waals surface area contributed by atoms with E-state index in [0.29, 0.717) is 17.7 Å². The summed E-state index contributed by atoms with van der Waals surface area (Å²) in [7, 11) is -4.36. The Hall–Kier alpha value is -3.50. The second-order valence-corrected chi connectivity index (χ2v) is 10.8. The largest absolute Gasteiger partial charge is 0.458 e. The predicted octanol–water partition coefficient (Wildman–Crippen LogP) is 2.12. The van der Waals surface area contributed by atoms with Crippen LogP contribution in [0.25, 0.3) is 0 Å². The van der Waals surface area contributed by atoms with Gasteiger partial charge in [-0.25, -0.2) is 18.2 Å². The zero-order valence-electron chi connectivity index (χ0n) is 19.4. The molecule has 3 N–H and O–H groups in total. The maximum absolute atomic E-state index is 14.0. The van der Waals surface area contributed by atoms with Crippen molar-refractivity contribution in [3.8, 4) is 0 Å². The summed E-state index contributed by atoms with van der Waals surface area (Å²) in [4.78, 5) is 32.8. The average molecular weight is 497 g/mol. The first-order chi connectivity index (χ1) is 16.8. The van der Waals surface area contributed by atoms with Gasteiger partial charge in [-0.05, 0) is 37.5 Å². The molecule has 0 aliphatic carbocycles. The first kappa shape index (κ1) is 24.6. The minimum Gasteiger partial charge on any atom is -0.458 e. The number of H-pyrrole nitrogens is 1. The van der Waals surface area contributed by atoms with E-state index in [-0.39, 0.29) is 30.9 Å². The summed E-state index contributed by atoms with van der Waals surface area (Å²) in [5.41, 5.74) is 8.39. The number of nitrogens with zero attached hydrogens (tertiary/aromatic N) is 2. The molecule has 10 heteroatoms. The number of nitrogens with one attached hydrogen (secondary N) is 1. The van der Waals surface area contributed by atoms with Crippen molar-refractivity contribution in [2.75, 3.05) is 6.54 Å². The highest BCUT2D eigenvalue weighted by Gasteiger charge is 2.61. The van der Waals surface area contributed by atoms with Crippen molar-refractivity contribution in [1.29, 1.82) is 0 Å². The molecule has 1 fully saturated rings. The van der Waals surface area contributed by atoms with E-state index in [1.165, 1.54) is 18.5 Å². The van der Waals surface area contributed by atoms with Crippen LogP contribution in [0.15, 0.2) is 72.0 Å². The van der Waals surface area contributed by atoms with Crippen LogP contribution in [0.1, 0.15) is 29.7 Å². The maximum Gasteiger partial charge on any atom is 0.348 e. The fraction of sp³-hybridized carbons (Fsp3) is 0.320. The van der Waals surface area contributed by atoms with Gasteiger partial charge in [-0.1, -0.05) is 48.0 Å². The molecule has 184 valence electrons. The van der Waals surface area contributed by atoms with Gasteiger partial charge in [0.25, 0.3) is 0 Å². The van der Waals surface area contributed by atoms with Gasteiger partial charge in [0, 0.05) is 24.9 Å². The number of carbonyl (C=O) groups is 2. The highest BCUT2D eigenvalue weighted by atomic mass is 32.2. The van der Waals surface area contributed by atoms with Crippen molar-refractivity contribution in [2.24, 2.45) is 5.73 Å². The van der Waals surface area contributed by atoms with Crippen LogP contribution in [-0.4, -0.2) is 52.6 Å². The molecule has 2 aromatic carbocycles. The Labute approximate surface area is 204 Å².